The summed E-state index contributed by atoms with van der Waals surface area (Å²) in [6.07, 6.45) is 0.586. The smallest absolute Gasteiger partial charge is 0.240 e. The molecular formula is C27H34N6O4. The molecule has 3 amide bonds. The Kier molecular flexibility index (Phi) is 7.42. The number of nitrogens with two attached hydrogens (primary N) is 1. The van der Waals surface area contributed by atoms with Crippen molar-refractivity contribution in [1.29, 1.82) is 0 Å². The number of hydrogen-bond donors (Lipinski definition) is 2. The fraction of sp³-hybridized carbons (Fsp3) is 0.444. The number of amides is 3. The molecule has 0 bridgehead atoms. The van der Waals surface area contributed by atoms with Crippen LogP contribution in [0, 0.1) is 5.41 Å². The van der Waals surface area contributed by atoms with Crippen LogP contribution in [0.5, 0.6) is 0 Å². The number of piperidine rings is 1. The zero-order chi connectivity index (χ0) is 26.8. The highest BCUT2D eigenvalue weighted by Crippen LogP contribution is 2.32. The first-order valence-corrected chi connectivity index (χ1v) is 12.3. The number of pyridine rings is 1. The average molecular weight is 507 g/mol. The van der Waals surface area contributed by atoms with Gasteiger partial charge in [-0.1, -0.05) is 50.2 Å². The Hall–Kier alpha value is -3.63. The summed E-state index contributed by atoms with van der Waals surface area (Å²) >= 11 is 0. The number of aromatic nitrogens is 3. The van der Waals surface area contributed by atoms with Crippen molar-refractivity contribution in [3.8, 4) is 0 Å². The summed E-state index contributed by atoms with van der Waals surface area (Å²) in [7, 11) is 0. The van der Waals surface area contributed by atoms with Gasteiger partial charge >= 0.3 is 0 Å². The zero-order valence-corrected chi connectivity index (χ0v) is 21.7. The van der Waals surface area contributed by atoms with Crippen molar-refractivity contribution in [3.05, 3.63) is 65.6 Å². The number of fused-ring (bicyclic) bond motifs is 1. The van der Waals surface area contributed by atoms with Gasteiger partial charge in [-0.3, -0.25) is 23.7 Å². The van der Waals surface area contributed by atoms with Gasteiger partial charge in [-0.15, -0.1) is 10.2 Å². The van der Waals surface area contributed by atoms with Crippen molar-refractivity contribution in [2.45, 2.75) is 65.3 Å². The number of ether oxygens (including phenoxy) is 1. The molecule has 1 aliphatic rings. The Bertz CT molecular complexity index is 1280. The van der Waals surface area contributed by atoms with Crippen LogP contribution in [0.25, 0.3) is 5.65 Å². The second kappa shape index (κ2) is 10.4. The van der Waals surface area contributed by atoms with Crippen molar-refractivity contribution >= 4 is 23.4 Å². The number of carbonyl (C=O) groups is 3. The maximum absolute atomic E-state index is 12.8. The van der Waals surface area contributed by atoms with E-state index in [9.17, 15) is 14.4 Å². The Labute approximate surface area is 216 Å². The molecule has 0 unspecified atom stereocenters. The molecule has 1 atom stereocenters. The number of nitrogens with one attached hydrogen (secondary N) is 1. The predicted molar refractivity (Wildman–Crippen MR) is 137 cm³/mol. The van der Waals surface area contributed by atoms with E-state index >= 15 is 0 Å². The Morgan fingerprint density at radius 2 is 1.76 bits per heavy atom. The van der Waals surface area contributed by atoms with Crippen LogP contribution in [0.3, 0.4) is 0 Å². The highest BCUT2D eigenvalue weighted by atomic mass is 16.5. The first kappa shape index (κ1) is 26.4. The number of rotatable bonds is 9. The standard InChI is InChI=1S/C27H34N6O4/c1-26(2)13-22(34)32(23(35)14-26)15-19-11-8-12-21-30-31-24(33(19)21)20(29-25(36)27(3,4)28)17-37-16-18-9-6-5-7-10-18/h5-12,20H,13-17,28H2,1-4H3,(H,29,36)/t20-/m1/s1. The lowest BCUT2D eigenvalue weighted by molar-refractivity contribution is -0.153. The summed E-state index contributed by atoms with van der Waals surface area (Å²) in [4.78, 5) is 39.8. The Morgan fingerprint density at radius 3 is 2.41 bits per heavy atom. The van der Waals surface area contributed by atoms with Gasteiger partial charge in [0.1, 0.15) is 6.04 Å². The molecule has 1 saturated heterocycles. The molecule has 3 aromatic rings. The summed E-state index contributed by atoms with van der Waals surface area (Å²) in [6, 6.07) is 14.4. The van der Waals surface area contributed by atoms with Gasteiger partial charge in [0.15, 0.2) is 11.5 Å². The Balaban J connectivity index is 1.64. The summed E-state index contributed by atoms with van der Waals surface area (Å²) in [5, 5.41) is 11.6. The van der Waals surface area contributed by atoms with Gasteiger partial charge < -0.3 is 15.8 Å². The highest BCUT2D eigenvalue weighted by molar-refractivity contribution is 5.98. The molecular weight excluding hydrogens is 472 g/mol. The highest BCUT2D eigenvalue weighted by Gasteiger charge is 2.38. The van der Waals surface area contributed by atoms with Gasteiger partial charge in [0.25, 0.3) is 0 Å². The molecule has 0 saturated carbocycles. The van der Waals surface area contributed by atoms with Crippen LogP contribution in [-0.4, -0.2) is 49.4 Å². The second-order valence-corrected chi connectivity index (χ2v) is 10.9. The normalized spacial score (nSPS) is 16.7. The first-order valence-electron chi connectivity index (χ1n) is 12.3. The van der Waals surface area contributed by atoms with E-state index in [-0.39, 0.29) is 36.3 Å². The van der Waals surface area contributed by atoms with Crippen molar-refractivity contribution in [2.24, 2.45) is 11.1 Å². The summed E-state index contributed by atoms with van der Waals surface area (Å²) in [5.41, 5.74) is 6.72. The second-order valence-electron chi connectivity index (χ2n) is 10.9. The molecule has 3 N–H and O–H groups in total. The summed E-state index contributed by atoms with van der Waals surface area (Å²) in [6.45, 7) is 7.60. The van der Waals surface area contributed by atoms with Gasteiger partial charge in [0.05, 0.1) is 25.3 Å². The van der Waals surface area contributed by atoms with E-state index in [4.69, 9.17) is 10.5 Å². The number of nitrogens with zero attached hydrogens (tertiary/aromatic N) is 4. The third-order valence-electron chi connectivity index (χ3n) is 6.31. The molecule has 1 aromatic carbocycles. The lowest BCUT2D eigenvalue weighted by atomic mass is 9.82. The topological polar surface area (TPSA) is 132 Å². The van der Waals surface area contributed by atoms with Gasteiger partial charge in [-0.2, -0.15) is 0 Å². The number of likely N-dealkylation sites (tertiary alicyclic amines) is 1. The maximum atomic E-state index is 12.8. The molecule has 0 spiro atoms. The molecule has 10 nitrogen and oxygen atoms in total. The molecule has 3 heterocycles. The van der Waals surface area contributed by atoms with Gasteiger partial charge in [0, 0.05) is 18.5 Å². The minimum Gasteiger partial charge on any atom is -0.374 e. The first-order chi connectivity index (χ1) is 17.4. The SMILES string of the molecule is CC1(C)CC(=O)N(Cc2cccc3nnc([C@@H](COCc4ccccc4)NC(=O)C(C)(C)N)n23)C(=O)C1. The largest absolute Gasteiger partial charge is 0.374 e. The fourth-order valence-electron chi connectivity index (χ4n) is 4.32. The van der Waals surface area contributed by atoms with E-state index < -0.39 is 11.6 Å². The average Bonchev–Trinajstić information content (AvgIpc) is 3.25. The third-order valence-corrected chi connectivity index (χ3v) is 6.31. The van der Waals surface area contributed by atoms with E-state index in [1.807, 2.05) is 50.2 Å². The van der Waals surface area contributed by atoms with E-state index in [1.165, 1.54) is 4.90 Å². The molecule has 4 rings (SSSR count). The van der Waals surface area contributed by atoms with Crippen molar-refractivity contribution in [1.82, 2.24) is 24.8 Å². The van der Waals surface area contributed by atoms with E-state index in [0.29, 0.717) is 36.6 Å². The van der Waals surface area contributed by atoms with Crippen LogP contribution < -0.4 is 11.1 Å². The van der Waals surface area contributed by atoms with Crippen LogP contribution in [0.2, 0.25) is 0 Å². The molecule has 0 radical (unpaired) electrons. The molecule has 0 aliphatic carbocycles. The lowest BCUT2D eigenvalue weighted by Gasteiger charge is -2.34. The number of imide groups is 1. The van der Waals surface area contributed by atoms with Crippen LogP contribution in [-0.2, 0) is 32.3 Å². The number of hydrogen-bond acceptors (Lipinski definition) is 7. The van der Waals surface area contributed by atoms with Gasteiger partial charge in [0.2, 0.25) is 17.7 Å². The van der Waals surface area contributed by atoms with Crippen molar-refractivity contribution < 1.29 is 19.1 Å². The van der Waals surface area contributed by atoms with Crippen LogP contribution in [0.1, 0.15) is 63.7 Å². The predicted octanol–water partition coefficient (Wildman–Crippen LogP) is 2.52. The van der Waals surface area contributed by atoms with Gasteiger partial charge in [-0.05, 0) is 37.0 Å². The third kappa shape index (κ3) is 6.20. The minimum absolute atomic E-state index is 0.0735. The van der Waals surface area contributed by atoms with Crippen LogP contribution in [0.15, 0.2) is 48.5 Å². The van der Waals surface area contributed by atoms with Crippen molar-refractivity contribution in [3.63, 3.8) is 0 Å². The summed E-state index contributed by atoms with van der Waals surface area (Å²) < 4.78 is 7.72. The van der Waals surface area contributed by atoms with E-state index in [2.05, 4.69) is 15.5 Å². The number of benzene rings is 1. The fourth-order valence-corrected chi connectivity index (χ4v) is 4.32. The molecule has 196 valence electrons. The maximum Gasteiger partial charge on any atom is 0.240 e. The lowest BCUT2D eigenvalue weighted by Crippen LogP contribution is -2.51. The minimum atomic E-state index is -1.12. The molecule has 2 aromatic heterocycles. The quantitative estimate of drug-likeness (QED) is 0.426. The van der Waals surface area contributed by atoms with E-state index in [1.54, 1.807) is 30.4 Å². The number of carbonyl (C=O) groups excluding carboxylic acids is 3. The molecule has 37 heavy (non-hydrogen) atoms. The molecule has 10 heteroatoms. The van der Waals surface area contributed by atoms with Crippen LogP contribution >= 0.6 is 0 Å². The molecule has 1 aliphatic heterocycles. The zero-order valence-electron chi connectivity index (χ0n) is 21.7. The van der Waals surface area contributed by atoms with Crippen molar-refractivity contribution in [2.75, 3.05) is 6.61 Å². The van der Waals surface area contributed by atoms with Gasteiger partial charge in [-0.25, -0.2) is 0 Å². The monoisotopic (exact) mass is 506 g/mol. The van der Waals surface area contributed by atoms with E-state index in [0.717, 1.165) is 5.56 Å². The summed E-state index contributed by atoms with van der Waals surface area (Å²) in [5.74, 6) is -0.380. The van der Waals surface area contributed by atoms with Crippen LogP contribution in [0.4, 0.5) is 0 Å². The Morgan fingerprint density at radius 1 is 1.08 bits per heavy atom. The molecule has 1 fully saturated rings.